The molecular weight excluding hydrogens is 1670 g/mol. The van der Waals surface area contributed by atoms with Gasteiger partial charge >= 0.3 is 0 Å². The molecule has 18 atom stereocenters. The predicted molar refractivity (Wildman–Crippen MR) is 517 cm³/mol. The molecule has 12 heterocycles. The van der Waals surface area contributed by atoms with Crippen LogP contribution in [-0.4, -0.2) is 248 Å². The van der Waals surface area contributed by atoms with Gasteiger partial charge in [0.15, 0.2) is 69.0 Å². The Bertz CT molecular complexity index is 4520. The zero-order valence-corrected chi connectivity index (χ0v) is 81.5. The molecule has 12 aliphatic heterocycles. The van der Waals surface area contributed by atoms with Crippen molar-refractivity contribution in [2.24, 2.45) is 71.0 Å². The molecule has 6 saturated heterocycles. The number of aliphatic hydroxyl groups excluding tert-OH is 6. The lowest BCUT2D eigenvalue weighted by molar-refractivity contribution is -0.0192. The summed E-state index contributed by atoms with van der Waals surface area (Å²) in [5.41, 5.74) is 13.5. The number of phenolic OH excluding ortho intramolecular Hbond substituents is 6. The molecule has 6 fully saturated rings. The van der Waals surface area contributed by atoms with Crippen LogP contribution in [0.5, 0.6) is 69.0 Å². The first kappa shape index (κ1) is 93.5. The van der Waals surface area contributed by atoms with E-state index in [1.165, 1.54) is 44.5 Å². The number of rotatable bonds is 18. The van der Waals surface area contributed by atoms with Gasteiger partial charge < -0.3 is 89.7 Å². The van der Waals surface area contributed by atoms with Crippen molar-refractivity contribution in [3.05, 3.63) is 140 Å². The monoisotopic (exact) mass is 1840 g/mol. The average Bonchev–Trinajstić information content (AvgIpc) is 0.778. The second-order valence-corrected chi connectivity index (χ2v) is 42.9. The molecule has 18 rings (SSSR count). The summed E-state index contributed by atoms with van der Waals surface area (Å²) in [5, 5.41) is 124. The average molecular weight is 1840 g/mol. The second kappa shape index (κ2) is 45.2. The van der Waals surface area contributed by atoms with Gasteiger partial charge in [-0.05, 0) is 326 Å². The summed E-state index contributed by atoms with van der Waals surface area (Å²) in [5.74, 6) is 8.27. The van der Waals surface area contributed by atoms with E-state index in [-0.39, 0.29) is 131 Å². The Hall–Kier alpha value is -7.56. The van der Waals surface area contributed by atoms with E-state index in [2.05, 4.69) is 112 Å². The first-order chi connectivity index (χ1) is 65.2. The van der Waals surface area contributed by atoms with Crippen LogP contribution < -0.4 is 28.4 Å². The summed E-state index contributed by atoms with van der Waals surface area (Å²) in [6, 6.07) is 22.8. The van der Waals surface area contributed by atoms with Crippen LogP contribution in [0.4, 0.5) is 0 Å². The van der Waals surface area contributed by atoms with Crippen molar-refractivity contribution in [1.82, 2.24) is 29.4 Å². The highest BCUT2D eigenvalue weighted by Gasteiger charge is 2.46. The Balaban J connectivity index is 0.000000140. The predicted octanol–water partition coefficient (Wildman–Crippen LogP) is 16.4. The number of methoxy groups -OCH3 is 6. The van der Waals surface area contributed by atoms with Crippen LogP contribution in [-0.2, 0) is 38.5 Å². The Morgan fingerprint density at radius 1 is 0.250 bits per heavy atom. The largest absolute Gasteiger partial charge is 0.504 e. The maximum atomic E-state index is 10.6. The Labute approximate surface area is 795 Å². The molecular formula is C108H162N6O18. The van der Waals surface area contributed by atoms with Crippen LogP contribution in [0.15, 0.2) is 72.8 Å². The van der Waals surface area contributed by atoms with Gasteiger partial charge in [-0.25, -0.2) is 0 Å². The third kappa shape index (κ3) is 24.0. The van der Waals surface area contributed by atoms with Gasteiger partial charge in [0.1, 0.15) is 0 Å². The van der Waals surface area contributed by atoms with Gasteiger partial charge in [-0.15, -0.1) is 0 Å². The standard InChI is InChI=1S/6C18H27NO3/c2*1-11(2)6-13-10-19-5-4-12-7-18(22-3)17(21)8-14(12)15(19)9-16(13)20;4*1-11(2)6-13-10-19-5-4-12-7-17(21)18(22-3)8-14(12)15(19)9-16(13)20/h6*7-8,11,13,15-16,20-21H,4-6,9-10H2,1-3H3/t4*13-,15-,16+;2*13-,15-,16-/m101010/s1/i2*3D3;;;;. The summed E-state index contributed by atoms with van der Waals surface area (Å²) in [7, 11) is 1.15. The highest BCUT2D eigenvalue weighted by Crippen LogP contribution is 2.52. The van der Waals surface area contributed by atoms with Crippen LogP contribution in [0.2, 0.25) is 0 Å². The van der Waals surface area contributed by atoms with E-state index in [9.17, 15) is 61.3 Å². The Morgan fingerprint density at radius 3 is 0.576 bits per heavy atom. The van der Waals surface area contributed by atoms with Crippen molar-refractivity contribution in [1.29, 1.82) is 0 Å². The van der Waals surface area contributed by atoms with Gasteiger partial charge in [-0.2, -0.15) is 0 Å². The van der Waals surface area contributed by atoms with E-state index in [0.717, 1.165) is 204 Å². The number of benzene rings is 6. The molecule has 12 N–H and O–H groups in total. The topological polar surface area (TPSA) is 318 Å². The highest BCUT2D eigenvalue weighted by molar-refractivity contribution is 5.54. The fraction of sp³-hybridized carbons (Fsp3) is 0.667. The molecule has 12 aliphatic rings. The van der Waals surface area contributed by atoms with E-state index in [4.69, 9.17) is 36.6 Å². The number of phenols is 6. The van der Waals surface area contributed by atoms with Crippen LogP contribution in [0, 0.1) is 71.0 Å². The number of hydrogen-bond donors (Lipinski definition) is 12. The molecule has 0 bridgehead atoms. The van der Waals surface area contributed by atoms with Crippen molar-refractivity contribution in [3.8, 4) is 69.0 Å². The van der Waals surface area contributed by atoms with Gasteiger partial charge in [0.05, 0.1) is 87.4 Å². The van der Waals surface area contributed by atoms with Crippen LogP contribution >= 0.6 is 0 Å². The molecule has 6 aromatic rings. The van der Waals surface area contributed by atoms with Crippen molar-refractivity contribution in [3.63, 3.8) is 0 Å². The van der Waals surface area contributed by atoms with Crippen molar-refractivity contribution < 1.29 is 97.9 Å². The van der Waals surface area contributed by atoms with Gasteiger partial charge in [-0.3, -0.25) is 29.4 Å². The summed E-state index contributed by atoms with van der Waals surface area (Å²) in [6.07, 6.45) is 14.4. The number of hydrogen-bond acceptors (Lipinski definition) is 24. The van der Waals surface area contributed by atoms with Gasteiger partial charge in [0.2, 0.25) is 0 Å². The number of aromatic hydroxyl groups is 6. The lowest BCUT2D eigenvalue weighted by Gasteiger charge is -2.46. The minimum absolute atomic E-state index is 0.00115. The lowest BCUT2D eigenvalue weighted by Crippen LogP contribution is -2.48. The minimum Gasteiger partial charge on any atom is -0.504 e. The van der Waals surface area contributed by atoms with Crippen molar-refractivity contribution in [2.45, 2.75) is 272 Å². The fourth-order valence-corrected chi connectivity index (χ4v) is 24.5. The van der Waals surface area contributed by atoms with Crippen LogP contribution in [0.25, 0.3) is 0 Å². The summed E-state index contributed by atoms with van der Waals surface area (Å²) < 4.78 is 74.1. The quantitative estimate of drug-likeness (QED) is 0.0380. The van der Waals surface area contributed by atoms with E-state index >= 15 is 0 Å². The summed E-state index contributed by atoms with van der Waals surface area (Å²) in [4.78, 5) is 14.8. The SMILES string of the molecule is COc1cc2c(cc1O)CCN1C[C@@H](CC(C)C)[C@@H](O)C[C@H]21.COc1cc2c(cc1O)CCN1C[C@@H](CC(C)C)[C@H](O)C[C@H]21.COc1cc2c(cc1O)CCN1C[C@H](CC(C)C)[C@@H](O)C[C@@H]21.COc1cc2c(cc1O)CCN1C[C@H](CC(C)C)[C@H](O)C[C@@H]21.[2H]C([2H])([2H])Oc1cc2c(cc1O)[C@@H]1C[C@@H](O)[C@@H](CC(C)C)CN1CC2.[2H]C([2H])([2H])Oc1cc2c(cc1O)[C@H]1C[C@H](O)[C@H](CC(C)C)CN1CC2. The second-order valence-electron chi connectivity index (χ2n) is 42.9. The molecule has 0 radical (unpaired) electrons. The first-order valence-corrected chi connectivity index (χ1v) is 49.5. The minimum atomic E-state index is -2.59. The number of aliphatic hydroxyl groups is 6. The van der Waals surface area contributed by atoms with E-state index in [1.807, 2.05) is 48.5 Å². The molecule has 0 saturated carbocycles. The molecule has 0 spiro atoms. The summed E-state index contributed by atoms with van der Waals surface area (Å²) in [6.45, 7) is 37.8. The van der Waals surface area contributed by atoms with E-state index < -0.39 is 14.1 Å². The van der Waals surface area contributed by atoms with Crippen LogP contribution in [0.1, 0.15) is 271 Å². The molecule has 0 amide bonds. The third-order valence-electron chi connectivity index (χ3n) is 30.7. The molecule has 0 unspecified atom stereocenters. The number of fused-ring (bicyclic) bond motifs is 18. The molecule has 132 heavy (non-hydrogen) atoms. The zero-order valence-electron chi connectivity index (χ0n) is 87.5. The molecule has 0 aromatic heterocycles. The number of nitrogens with zero attached hydrogens (tertiary/aromatic N) is 6. The third-order valence-corrected chi connectivity index (χ3v) is 30.7. The maximum Gasteiger partial charge on any atom is 0.160 e. The van der Waals surface area contributed by atoms with Gasteiger partial charge in [0.25, 0.3) is 0 Å². The first-order valence-electron chi connectivity index (χ1n) is 52.5. The zero-order chi connectivity index (χ0) is 100. The highest BCUT2D eigenvalue weighted by atomic mass is 16.5. The molecule has 6 aromatic carbocycles. The van der Waals surface area contributed by atoms with E-state index in [1.54, 1.807) is 52.7 Å². The fourth-order valence-electron chi connectivity index (χ4n) is 24.5. The Kier molecular flexibility index (Phi) is 32.0. The number of ether oxygens (including phenoxy) is 6. The lowest BCUT2D eigenvalue weighted by atomic mass is 9.79. The van der Waals surface area contributed by atoms with Gasteiger partial charge in [0, 0.05) is 115 Å². The van der Waals surface area contributed by atoms with Gasteiger partial charge in [-0.1, -0.05) is 83.1 Å². The van der Waals surface area contributed by atoms with Crippen molar-refractivity contribution in [2.75, 3.05) is 121 Å². The van der Waals surface area contributed by atoms with Crippen LogP contribution in [0.3, 0.4) is 0 Å². The molecule has 732 valence electrons. The maximum absolute atomic E-state index is 10.6. The number of piperidine rings is 6. The molecule has 0 aliphatic carbocycles. The summed E-state index contributed by atoms with van der Waals surface area (Å²) >= 11 is 0. The smallest absolute Gasteiger partial charge is 0.160 e. The molecule has 24 heteroatoms. The Morgan fingerprint density at radius 2 is 0.409 bits per heavy atom. The molecule has 24 nitrogen and oxygen atoms in total. The van der Waals surface area contributed by atoms with E-state index in [0.29, 0.717) is 95.0 Å². The van der Waals surface area contributed by atoms with Crippen molar-refractivity contribution >= 4 is 0 Å². The normalized spacial score (nSPS) is 29.2.